The number of rotatable bonds is 8. The third-order valence-corrected chi connectivity index (χ3v) is 2.41. The molecule has 4 heteroatoms. The van der Waals surface area contributed by atoms with Gasteiger partial charge in [-0.2, -0.15) is 0 Å². The first-order valence-electron chi connectivity index (χ1n) is 6.39. The molecule has 0 saturated heterocycles. The summed E-state index contributed by atoms with van der Waals surface area (Å²) in [5.41, 5.74) is 1.13. The Kier molecular flexibility index (Phi) is 7.14. The molecule has 0 bridgehead atoms. The highest BCUT2D eigenvalue weighted by molar-refractivity contribution is 5.77. The molecule has 102 valence electrons. The van der Waals surface area contributed by atoms with Crippen LogP contribution in [0.15, 0.2) is 24.3 Å². The van der Waals surface area contributed by atoms with Gasteiger partial charge >= 0.3 is 0 Å². The molecule has 0 aromatic heterocycles. The van der Waals surface area contributed by atoms with Gasteiger partial charge in [-0.05, 0) is 30.7 Å². The number of nitrogens with one attached hydrogen (secondary N) is 2. The average molecular weight is 260 g/mol. The summed E-state index contributed by atoms with van der Waals surface area (Å²) in [4.78, 5) is 11.3. The summed E-state index contributed by atoms with van der Waals surface area (Å²) in [6, 6.07) is 7.69. The topological polar surface area (TPSA) is 50.4 Å². The van der Waals surface area contributed by atoms with Crippen molar-refractivity contribution in [1.82, 2.24) is 10.6 Å². The molecule has 1 amide bonds. The van der Waals surface area contributed by atoms with Crippen molar-refractivity contribution in [3.8, 4) is 18.1 Å². The summed E-state index contributed by atoms with van der Waals surface area (Å²) < 4.78 is 5.40. The van der Waals surface area contributed by atoms with Crippen LogP contribution in [0.25, 0.3) is 0 Å². The highest BCUT2D eigenvalue weighted by Gasteiger charge is 2.02. The molecule has 19 heavy (non-hydrogen) atoms. The minimum atomic E-state index is -0.215. The fraction of sp³-hybridized carbons (Fsp3) is 0.400. The monoisotopic (exact) mass is 260 g/mol. The van der Waals surface area contributed by atoms with Crippen molar-refractivity contribution in [1.29, 1.82) is 0 Å². The number of carbonyl (C=O) groups is 1. The van der Waals surface area contributed by atoms with E-state index in [4.69, 9.17) is 11.2 Å². The predicted molar refractivity (Wildman–Crippen MR) is 75.8 cm³/mol. The van der Waals surface area contributed by atoms with Crippen LogP contribution in [0.4, 0.5) is 0 Å². The summed E-state index contributed by atoms with van der Waals surface area (Å²) in [6.07, 6.45) is 6.15. The Bertz CT molecular complexity index is 438. The maximum absolute atomic E-state index is 11.3. The first-order chi connectivity index (χ1) is 9.26. The van der Waals surface area contributed by atoms with Gasteiger partial charge in [-0.25, -0.2) is 0 Å². The molecular formula is C15H20N2O2. The lowest BCUT2D eigenvalue weighted by Crippen LogP contribution is -2.29. The van der Waals surface area contributed by atoms with Crippen LogP contribution in [0.1, 0.15) is 18.9 Å². The molecular weight excluding hydrogens is 240 g/mol. The van der Waals surface area contributed by atoms with Crippen molar-refractivity contribution in [2.45, 2.75) is 19.9 Å². The van der Waals surface area contributed by atoms with Crippen LogP contribution in [0, 0.1) is 12.3 Å². The molecule has 0 heterocycles. The minimum absolute atomic E-state index is 0.0203. The quantitative estimate of drug-likeness (QED) is 0.547. The SMILES string of the molecule is C#CCNC(=O)COc1cccc(CNCCC)c1. The van der Waals surface area contributed by atoms with Gasteiger partial charge in [-0.1, -0.05) is 25.0 Å². The molecule has 2 N–H and O–H groups in total. The van der Waals surface area contributed by atoms with Crippen LogP contribution >= 0.6 is 0 Å². The van der Waals surface area contributed by atoms with Crippen molar-refractivity contribution in [3.63, 3.8) is 0 Å². The summed E-state index contributed by atoms with van der Waals surface area (Å²) in [5.74, 6) is 2.81. The Labute approximate surface area is 114 Å². The Balaban J connectivity index is 2.39. The highest BCUT2D eigenvalue weighted by atomic mass is 16.5. The fourth-order valence-electron chi connectivity index (χ4n) is 1.50. The van der Waals surface area contributed by atoms with Crippen molar-refractivity contribution in [2.24, 2.45) is 0 Å². The third kappa shape index (κ3) is 6.49. The van der Waals surface area contributed by atoms with E-state index in [0.717, 1.165) is 25.1 Å². The van der Waals surface area contributed by atoms with Crippen LogP contribution in [0.5, 0.6) is 5.75 Å². The van der Waals surface area contributed by atoms with Gasteiger partial charge in [0.05, 0.1) is 6.54 Å². The second-order valence-electron chi connectivity index (χ2n) is 4.09. The summed E-state index contributed by atoms with van der Waals surface area (Å²) >= 11 is 0. The summed E-state index contributed by atoms with van der Waals surface area (Å²) in [5, 5.41) is 5.86. The number of hydrogen-bond donors (Lipinski definition) is 2. The molecule has 0 spiro atoms. The van der Waals surface area contributed by atoms with Crippen LogP contribution < -0.4 is 15.4 Å². The average Bonchev–Trinajstić information content (AvgIpc) is 2.44. The molecule has 0 aliphatic carbocycles. The van der Waals surface area contributed by atoms with E-state index in [-0.39, 0.29) is 19.1 Å². The lowest BCUT2D eigenvalue weighted by molar-refractivity contribution is -0.122. The minimum Gasteiger partial charge on any atom is -0.484 e. The van der Waals surface area contributed by atoms with Crippen LogP contribution in [0.2, 0.25) is 0 Å². The van der Waals surface area contributed by atoms with E-state index in [9.17, 15) is 4.79 Å². The van der Waals surface area contributed by atoms with E-state index < -0.39 is 0 Å². The first-order valence-corrected chi connectivity index (χ1v) is 6.39. The van der Waals surface area contributed by atoms with Crippen molar-refractivity contribution >= 4 is 5.91 Å². The van der Waals surface area contributed by atoms with Crippen LogP contribution in [-0.4, -0.2) is 25.6 Å². The molecule has 0 saturated carbocycles. The lowest BCUT2D eigenvalue weighted by atomic mass is 10.2. The normalized spacial score (nSPS) is 9.68. The fourth-order valence-corrected chi connectivity index (χ4v) is 1.50. The van der Waals surface area contributed by atoms with E-state index in [0.29, 0.717) is 5.75 Å². The molecule has 1 rings (SSSR count). The van der Waals surface area contributed by atoms with E-state index in [1.54, 1.807) is 0 Å². The predicted octanol–water partition coefficient (Wildman–Crippen LogP) is 1.31. The van der Waals surface area contributed by atoms with Gasteiger partial charge in [0.15, 0.2) is 6.61 Å². The Morgan fingerprint density at radius 3 is 3.05 bits per heavy atom. The molecule has 0 radical (unpaired) electrons. The van der Waals surface area contributed by atoms with Gasteiger partial charge in [0.25, 0.3) is 5.91 Å². The summed E-state index contributed by atoms with van der Waals surface area (Å²) in [6.45, 7) is 4.12. The molecule has 4 nitrogen and oxygen atoms in total. The van der Waals surface area contributed by atoms with Gasteiger partial charge in [-0.3, -0.25) is 4.79 Å². The molecule has 0 aliphatic heterocycles. The van der Waals surface area contributed by atoms with Gasteiger partial charge in [-0.15, -0.1) is 6.42 Å². The standard InChI is InChI=1S/C15H20N2O2/c1-3-8-16-11-13-6-5-7-14(10-13)19-12-15(18)17-9-4-2/h2,5-7,10,16H,3,8-9,11-12H2,1H3,(H,17,18). The molecule has 1 aromatic carbocycles. The second kappa shape index (κ2) is 9.01. The largest absolute Gasteiger partial charge is 0.484 e. The van der Waals surface area contributed by atoms with Crippen LogP contribution in [-0.2, 0) is 11.3 Å². The summed E-state index contributed by atoms with van der Waals surface area (Å²) in [7, 11) is 0. The Morgan fingerprint density at radius 1 is 1.47 bits per heavy atom. The van der Waals surface area contributed by atoms with E-state index in [1.807, 2.05) is 24.3 Å². The number of benzene rings is 1. The van der Waals surface area contributed by atoms with Gasteiger partial charge < -0.3 is 15.4 Å². The van der Waals surface area contributed by atoms with Gasteiger partial charge in [0.1, 0.15) is 5.75 Å². The number of ether oxygens (including phenoxy) is 1. The second-order valence-corrected chi connectivity index (χ2v) is 4.09. The molecule has 0 aliphatic rings. The Morgan fingerprint density at radius 2 is 2.32 bits per heavy atom. The van der Waals surface area contributed by atoms with Gasteiger partial charge in [0, 0.05) is 6.54 Å². The lowest BCUT2D eigenvalue weighted by Gasteiger charge is -2.08. The number of hydrogen-bond acceptors (Lipinski definition) is 3. The maximum Gasteiger partial charge on any atom is 0.258 e. The van der Waals surface area contributed by atoms with Crippen molar-refractivity contribution < 1.29 is 9.53 Å². The first kappa shape index (κ1) is 15.1. The molecule has 0 unspecified atom stereocenters. The zero-order valence-corrected chi connectivity index (χ0v) is 11.2. The van der Waals surface area contributed by atoms with Crippen molar-refractivity contribution in [2.75, 3.05) is 19.7 Å². The molecule has 0 atom stereocenters. The van der Waals surface area contributed by atoms with Gasteiger partial charge in [0.2, 0.25) is 0 Å². The molecule has 1 aromatic rings. The smallest absolute Gasteiger partial charge is 0.258 e. The zero-order valence-electron chi connectivity index (χ0n) is 11.2. The number of terminal acetylenes is 1. The van der Waals surface area contributed by atoms with Crippen molar-refractivity contribution in [3.05, 3.63) is 29.8 Å². The highest BCUT2D eigenvalue weighted by Crippen LogP contribution is 2.13. The van der Waals surface area contributed by atoms with Crippen LogP contribution in [0.3, 0.4) is 0 Å². The van der Waals surface area contributed by atoms with E-state index in [1.165, 1.54) is 0 Å². The van der Waals surface area contributed by atoms with E-state index in [2.05, 4.69) is 23.5 Å². The molecule has 0 fully saturated rings. The number of carbonyl (C=O) groups excluding carboxylic acids is 1. The Hall–Kier alpha value is -1.99. The van der Waals surface area contributed by atoms with E-state index >= 15 is 0 Å². The maximum atomic E-state index is 11.3. The zero-order chi connectivity index (χ0) is 13.9. The third-order valence-electron chi connectivity index (χ3n) is 2.41. The number of amides is 1.